The Morgan fingerprint density at radius 2 is 1.44 bits per heavy atom. The summed E-state index contributed by atoms with van der Waals surface area (Å²) >= 11 is 14.2. The maximum atomic E-state index is 13.2. The lowest BCUT2D eigenvalue weighted by Crippen LogP contribution is -2.30. The highest BCUT2D eigenvalue weighted by atomic mass is 35.5. The van der Waals surface area contributed by atoms with Crippen LogP contribution < -0.4 is 10.6 Å². The second kappa shape index (κ2) is 12.5. The highest BCUT2D eigenvalue weighted by molar-refractivity contribution is 7.98. The number of hydrogen-bond donors (Lipinski definition) is 2. The quantitative estimate of drug-likeness (QED) is 0.180. The molecular weight excluding hydrogens is 511 g/mol. The van der Waals surface area contributed by atoms with Crippen LogP contribution in [-0.2, 0) is 10.5 Å². The minimum atomic E-state index is -0.486. The van der Waals surface area contributed by atoms with Crippen LogP contribution in [0.5, 0.6) is 0 Å². The van der Waals surface area contributed by atoms with E-state index in [9.17, 15) is 9.59 Å². The van der Waals surface area contributed by atoms with Gasteiger partial charge in [-0.1, -0.05) is 83.9 Å². The lowest BCUT2D eigenvalue weighted by atomic mass is 10.1. The predicted molar refractivity (Wildman–Crippen MR) is 149 cm³/mol. The van der Waals surface area contributed by atoms with Crippen molar-refractivity contribution in [1.29, 1.82) is 0 Å². The highest BCUT2D eigenvalue weighted by Gasteiger charge is 2.16. The van der Waals surface area contributed by atoms with Crippen molar-refractivity contribution in [3.63, 3.8) is 0 Å². The molecule has 4 aromatic rings. The number of thioether (sulfide) groups is 1. The molecule has 0 saturated heterocycles. The molecule has 4 nitrogen and oxygen atoms in total. The first-order chi connectivity index (χ1) is 17.5. The molecule has 0 bridgehead atoms. The van der Waals surface area contributed by atoms with E-state index in [1.807, 2.05) is 48.5 Å². The van der Waals surface area contributed by atoms with Crippen LogP contribution in [0.1, 0.15) is 21.5 Å². The monoisotopic (exact) mass is 532 g/mol. The predicted octanol–water partition coefficient (Wildman–Crippen LogP) is 7.70. The van der Waals surface area contributed by atoms with Gasteiger partial charge >= 0.3 is 0 Å². The van der Waals surface area contributed by atoms with Gasteiger partial charge in [-0.2, -0.15) is 0 Å². The zero-order valence-electron chi connectivity index (χ0n) is 19.1. The van der Waals surface area contributed by atoms with Crippen LogP contribution in [-0.4, -0.2) is 11.8 Å². The van der Waals surface area contributed by atoms with E-state index in [0.717, 1.165) is 10.6 Å². The second-order valence-electron chi connectivity index (χ2n) is 7.77. The van der Waals surface area contributed by atoms with Gasteiger partial charge < -0.3 is 10.6 Å². The van der Waals surface area contributed by atoms with Gasteiger partial charge in [0.2, 0.25) is 0 Å². The minimum Gasteiger partial charge on any atom is -0.321 e. The van der Waals surface area contributed by atoms with Crippen molar-refractivity contribution in [2.45, 2.75) is 10.6 Å². The van der Waals surface area contributed by atoms with Gasteiger partial charge in [0.25, 0.3) is 11.8 Å². The van der Waals surface area contributed by atoms with Gasteiger partial charge in [-0.15, -0.1) is 11.8 Å². The lowest BCUT2D eigenvalue weighted by Gasteiger charge is -2.12. The van der Waals surface area contributed by atoms with Crippen molar-refractivity contribution in [2.75, 3.05) is 5.32 Å². The van der Waals surface area contributed by atoms with Gasteiger partial charge in [0.1, 0.15) is 5.70 Å². The van der Waals surface area contributed by atoms with E-state index >= 15 is 0 Å². The number of anilines is 1. The van der Waals surface area contributed by atoms with Crippen molar-refractivity contribution in [3.05, 3.63) is 136 Å². The molecule has 0 radical (unpaired) electrons. The fourth-order valence-corrected chi connectivity index (χ4v) is 4.52. The molecule has 0 aromatic heterocycles. The molecule has 0 aliphatic heterocycles. The number of hydrogen-bond acceptors (Lipinski definition) is 3. The topological polar surface area (TPSA) is 58.2 Å². The summed E-state index contributed by atoms with van der Waals surface area (Å²) in [6.07, 6.45) is 1.51. The largest absolute Gasteiger partial charge is 0.321 e. The fraction of sp³-hybridized carbons (Fsp3) is 0.0345. The number of halogens is 2. The van der Waals surface area contributed by atoms with E-state index < -0.39 is 11.8 Å². The molecule has 0 saturated carbocycles. The Morgan fingerprint density at radius 3 is 2.14 bits per heavy atom. The first-order valence-electron chi connectivity index (χ1n) is 11.1. The van der Waals surface area contributed by atoms with Crippen LogP contribution in [0.4, 0.5) is 5.69 Å². The van der Waals surface area contributed by atoms with Gasteiger partial charge in [0, 0.05) is 21.9 Å². The van der Waals surface area contributed by atoms with Gasteiger partial charge in [0.15, 0.2) is 0 Å². The van der Waals surface area contributed by atoms with E-state index in [-0.39, 0.29) is 5.70 Å². The number of rotatable bonds is 8. The Hall–Kier alpha value is -3.51. The van der Waals surface area contributed by atoms with E-state index in [0.29, 0.717) is 26.9 Å². The zero-order valence-corrected chi connectivity index (χ0v) is 21.4. The molecule has 0 fully saturated rings. The van der Waals surface area contributed by atoms with E-state index in [2.05, 4.69) is 22.8 Å². The molecule has 4 rings (SSSR count). The number of carbonyl (C=O) groups excluding carboxylic acids is 2. The van der Waals surface area contributed by atoms with Gasteiger partial charge in [0.05, 0.1) is 10.0 Å². The maximum absolute atomic E-state index is 13.2. The van der Waals surface area contributed by atoms with Crippen LogP contribution in [0.25, 0.3) is 6.08 Å². The molecule has 7 heteroatoms. The van der Waals surface area contributed by atoms with Crippen molar-refractivity contribution in [3.8, 4) is 0 Å². The summed E-state index contributed by atoms with van der Waals surface area (Å²) in [5, 5.41) is 6.19. The van der Waals surface area contributed by atoms with Crippen molar-refractivity contribution in [2.24, 2.45) is 0 Å². The first-order valence-corrected chi connectivity index (χ1v) is 12.8. The van der Waals surface area contributed by atoms with Crippen LogP contribution in [0.2, 0.25) is 10.0 Å². The highest BCUT2D eigenvalue weighted by Crippen LogP contribution is 2.28. The second-order valence-corrected chi connectivity index (χ2v) is 9.61. The Labute approximate surface area is 224 Å². The third-order valence-electron chi connectivity index (χ3n) is 5.17. The summed E-state index contributed by atoms with van der Waals surface area (Å²) in [6, 6.07) is 31.5. The van der Waals surface area contributed by atoms with Crippen molar-refractivity contribution in [1.82, 2.24) is 5.32 Å². The summed E-state index contributed by atoms with van der Waals surface area (Å²) in [5.41, 5.74) is 2.81. The lowest BCUT2D eigenvalue weighted by molar-refractivity contribution is -0.113. The summed E-state index contributed by atoms with van der Waals surface area (Å²) in [6.45, 7) is 0. The average molecular weight is 533 g/mol. The Kier molecular flexibility index (Phi) is 8.85. The van der Waals surface area contributed by atoms with Crippen LogP contribution in [0, 0.1) is 0 Å². The SMILES string of the molecule is O=C(Nc1ccc(SCc2ccccc2)cc1)/C(=C/c1cccc(Cl)c1Cl)NC(=O)c1ccccc1. The molecule has 180 valence electrons. The zero-order chi connectivity index (χ0) is 25.3. The Bertz CT molecular complexity index is 1380. The molecule has 0 spiro atoms. The summed E-state index contributed by atoms with van der Waals surface area (Å²) < 4.78 is 0. The smallest absolute Gasteiger partial charge is 0.272 e. The Morgan fingerprint density at radius 1 is 0.778 bits per heavy atom. The number of nitrogens with one attached hydrogen (secondary N) is 2. The van der Waals surface area contributed by atoms with Crippen LogP contribution >= 0.6 is 35.0 Å². The third kappa shape index (κ3) is 7.01. The van der Waals surface area contributed by atoms with E-state index in [1.54, 1.807) is 54.2 Å². The number of carbonyl (C=O) groups is 2. The molecule has 0 aliphatic rings. The standard InChI is InChI=1S/C29H22Cl2N2O2S/c30-25-13-7-12-22(27(25)31)18-26(33-28(34)21-10-5-2-6-11-21)29(35)32-23-14-16-24(17-15-23)36-19-20-8-3-1-4-9-20/h1-18H,19H2,(H,32,35)(H,33,34)/b26-18-. The van der Waals surface area contributed by atoms with Gasteiger partial charge in [-0.25, -0.2) is 0 Å². The summed E-state index contributed by atoms with van der Waals surface area (Å²) in [7, 11) is 0. The molecule has 36 heavy (non-hydrogen) atoms. The number of benzene rings is 4. The molecule has 4 aromatic carbocycles. The number of amides is 2. The normalized spacial score (nSPS) is 11.1. The summed E-state index contributed by atoms with van der Waals surface area (Å²) in [4.78, 5) is 27.1. The fourth-order valence-electron chi connectivity index (χ4n) is 3.30. The maximum Gasteiger partial charge on any atom is 0.272 e. The van der Waals surface area contributed by atoms with E-state index in [4.69, 9.17) is 23.2 Å². The average Bonchev–Trinajstić information content (AvgIpc) is 2.91. The van der Waals surface area contributed by atoms with Crippen LogP contribution in [0.15, 0.2) is 114 Å². The molecule has 2 N–H and O–H groups in total. The Balaban J connectivity index is 1.51. The van der Waals surface area contributed by atoms with Crippen LogP contribution in [0.3, 0.4) is 0 Å². The van der Waals surface area contributed by atoms with Crippen molar-refractivity contribution < 1.29 is 9.59 Å². The minimum absolute atomic E-state index is 0.0375. The molecule has 0 unspecified atom stereocenters. The summed E-state index contributed by atoms with van der Waals surface area (Å²) in [5.74, 6) is -0.0476. The molecule has 0 atom stereocenters. The van der Waals surface area contributed by atoms with E-state index in [1.165, 1.54) is 11.6 Å². The molecular formula is C29H22Cl2N2O2S. The third-order valence-corrected chi connectivity index (χ3v) is 7.09. The molecule has 0 aliphatic carbocycles. The first kappa shape index (κ1) is 25.6. The van der Waals surface area contributed by atoms with Gasteiger partial charge in [-0.3, -0.25) is 9.59 Å². The molecule has 0 heterocycles. The molecule has 2 amide bonds. The van der Waals surface area contributed by atoms with Gasteiger partial charge in [-0.05, 0) is 59.7 Å². The van der Waals surface area contributed by atoms with Crippen molar-refractivity contribution >= 4 is 58.5 Å².